The van der Waals surface area contributed by atoms with Crippen molar-refractivity contribution in [1.82, 2.24) is 9.97 Å². The molecule has 0 aliphatic carbocycles. The Balaban J connectivity index is 1.69. The third-order valence-corrected chi connectivity index (χ3v) is 3.73. The first-order chi connectivity index (χ1) is 12.6. The summed E-state index contributed by atoms with van der Waals surface area (Å²) >= 11 is 0. The first kappa shape index (κ1) is 17.4. The molecule has 1 aromatic heterocycles. The van der Waals surface area contributed by atoms with Crippen LogP contribution in [0.1, 0.15) is 21.7 Å². The zero-order chi connectivity index (χ0) is 18.4. The number of nitrogens with one attached hydrogen (secondary N) is 2. The molecule has 1 amide bonds. The summed E-state index contributed by atoms with van der Waals surface area (Å²) in [6.45, 7) is 2.38. The number of ether oxygens (including phenoxy) is 1. The number of hydrogen-bond donors (Lipinski definition) is 2. The number of methoxy groups -OCH3 is 1. The van der Waals surface area contributed by atoms with Gasteiger partial charge in [0.05, 0.1) is 7.11 Å². The summed E-state index contributed by atoms with van der Waals surface area (Å²) in [4.78, 5) is 21.1. The molecule has 0 aliphatic heterocycles. The normalized spacial score (nSPS) is 10.2. The summed E-state index contributed by atoms with van der Waals surface area (Å²) in [5, 5.41) is 5.98. The molecule has 3 aromatic rings. The molecule has 2 N–H and O–H groups in total. The molecule has 3 rings (SSSR count). The second kappa shape index (κ2) is 8.11. The van der Waals surface area contributed by atoms with Crippen molar-refractivity contribution in [3.05, 3.63) is 77.6 Å². The summed E-state index contributed by atoms with van der Waals surface area (Å²) < 4.78 is 5.15. The van der Waals surface area contributed by atoms with Crippen molar-refractivity contribution < 1.29 is 9.53 Å². The maximum absolute atomic E-state index is 12.4. The largest absolute Gasteiger partial charge is 0.497 e. The van der Waals surface area contributed by atoms with Gasteiger partial charge in [0.2, 0.25) is 5.95 Å². The lowest BCUT2D eigenvalue weighted by atomic mass is 10.2. The van der Waals surface area contributed by atoms with Crippen LogP contribution in [-0.2, 0) is 6.54 Å². The predicted octanol–water partition coefficient (Wildman–Crippen LogP) is 3.66. The van der Waals surface area contributed by atoms with E-state index in [1.54, 1.807) is 13.2 Å². The molecule has 0 bridgehead atoms. The Kier molecular flexibility index (Phi) is 5.43. The first-order valence-corrected chi connectivity index (χ1v) is 8.23. The molecule has 0 aliphatic rings. The molecule has 0 saturated carbocycles. The lowest BCUT2D eigenvalue weighted by Crippen LogP contribution is -2.16. The van der Waals surface area contributed by atoms with E-state index in [-0.39, 0.29) is 5.91 Å². The van der Waals surface area contributed by atoms with Gasteiger partial charge in [-0.05, 0) is 42.8 Å². The van der Waals surface area contributed by atoms with Gasteiger partial charge in [-0.1, -0.05) is 30.3 Å². The molecule has 1 heterocycles. The fourth-order valence-electron chi connectivity index (χ4n) is 2.41. The second-order valence-corrected chi connectivity index (χ2v) is 5.74. The fourth-order valence-corrected chi connectivity index (χ4v) is 2.41. The molecule has 0 saturated heterocycles. The molecule has 0 radical (unpaired) electrons. The number of para-hydroxylation sites is 1. The highest BCUT2D eigenvalue weighted by molar-refractivity contribution is 6.03. The van der Waals surface area contributed by atoms with E-state index >= 15 is 0 Å². The molecule has 0 spiro atoms. The highest BCUT2D eigenvalue weighted by atomic mass is 16.5. The quantitative estimate of drug-likeness (QED) is 0.711. The highest BCUT2D eigenvalue weighted by Gasteiger charge is 2.11. The zero-order valence-electron chi connectivity index (χ0n) is 14.7. The Morgan fingerprint density at radius 3 is 2.46 bits per heavy atom. The molecule has 0 fully saturated rings. The zero-order valence-corrected chi connectivity index (χ0v) is 14.7. The minimum absolute atomic E-state index is 0.269. The van der Waals surface area contributed by atoms with Crippen LogP contribution in [0.3, 0.4) is 0 Å². The van der Waals surface area contributed by atoms with Crippen LogP contribution in [0, 0.1) is 6.92 Å². The maximum Gasteiger partial charge on any atom is 0.274 e. The van der Waals surface area contributed by atoms with E-state index in [0.717, 1.165) is 22.7 Å². The van der Waals surface area contributed by atoms with E-state index in [1.165, 1.54) is 0 Å². The SMILES string of the molecule is COc1ccc(CNc2nc(C)cc(C(=O)Nc3ccccc3)n2)cc1. The number of benzene rings is 2. The molecule has 2 aromatic carbocycles. The predicted molar refractivity (Wildman–Crippen MR) is 101 cm³/mol. The molecule has 26 heavy (non-hydrogen) atoms. The number of aryl methyl sites for hydroxylation is 1. The average molecular weight is 348 g/mol. The van der Waals surface area contributed by atoms with Gasteiger partial charge >= 0.3 is 0 Å². The standard InChI is InChI=1S/C20H20N4O2/c1-14-12-18(19(25)23-16-6-4-3-5-7-16)24-20(22-14)21-13-15-8-10-17(26-2)11-9-15/h3-12H,13H2,1-2H3,(H,23,25)(H,21,22,24). The minimum atomic E-state index is -0.269. The Morgan fingerprint density at radius 2 is 1.77 bits per heavy atom. The Bertz CT molecular complexity index is 880. The van der Waals surface area contributed by atoms with Gasteiger partial charge in [0.15, 0.2) is 0 Å². The summed E-state index contributed by atoms with van der Waals surface area (Å²) in [7, 11) is 1.63. The molecule has 0 unspecified atom stereocenters. The molecular formula is C20H20N4O2. The molecule has 6 heteroatoms. The third kappa shape index (κ3) is 4.57. The summed E-state index contributed by atoms with van der Waals surface area (Å²) in [6, 6.07) is 18.7. The molecule has 0 atom stereocenters. The monoisotopic (exact) mass is 348 g/mol. The Labute approximate surface area is 152 Å². The van der Waals surface area contributed by atoms with Crippen molar-refractivity contribution in [3.63, 3.8) is 0 Å². The van der Waals surface area contributed by atoms with Crippen molar-refractivity contribution in [2.24, 2.45) is 0 Å². The third-order valence-electron chi connectivity index (χ3n) is 3.73. The van der Waals surface area contributed by atoms with Gasteiger partial charge in [0.25, 0.3) is 5.91 Å². The Morgan fingerprint density at radius 1 is 1.04 bits per heavy atom. The van der Waals surface area contributed by atoms with Crippen LogP contribution >= 0.6 is 0 Å². The Hall–Kier alpha value is -3.41. The maximum atomic E-state index is 12.4. The van der Waals surface area contributed by atoms with Gasteiger partial charge in [0.1, 0.15) is 11.4 Å². The van der Waals surface area contributed by atoms with Gasteiger partial charge < -0.3 is 15.4 Å². The molecule has 6 nitrogen and oxygen atoms in total. The van der Waals surface area contributed by atoms with E-state index < -0.39 is 0 Å². The van der Waals surface area contributed by atoms with E-state index in [1.807, 2.05) is 61.5 Å². The fraction of sp³-hybridized carbons (Fsp3) is 0.150. The van der Waals surface area contributed by atoms with Crippen LogP contribution < -0.4 is 15.4 Å². The van der Waals surface area contributed by atoms with Crippen molar-refractivity contribution in [1.29, 1.82) is 0 Å². The van der Waals surface area contributed by atoms with Crippen molar-refractivity contribution in [2.75, 3.05) is 17.7 Å². The molecular weight excluding hydrogens is 328 g/mol. The van der Waals surface area contributed by atoms with E-state index in [2.05, 4.69) is 20.6 Å². The van der Waals surface area contributed by atoms with E-state index in [9.17, 15) is 4.79 Å². The number of nitrogens with zero attached hydrogens (tertiary/aromatic N) is 2. The van der Waals surface area contributed by atoms with Crippen molar-refractivity contribution in [2.45, 2.75) is 13.5 Å². The van der Waals surface area contributed by atoms with Crippen LogP contribution in [0.2, 0.25) is 0 Å². The van der Waals surface area contributed by atoms with Crippen LogP contribution in [0.25, 0.3) is 0 Å². The number of amides is 1. The second-order valence-electron chi connectivity index (χ2n) is 5.74. The molecule has 132 valence electrons. The topological polar surface area (TPSA) is 76.1 Å². The highest BCUT2D eigenvalue weighted by Crippen LogP contribution is 2.13. The van der Waals surface area contributed by atoms with Crippen LogP contribution in [0.15, 0.2) is 60.7 Å². The van der Waals surface area contributed by atoms with Crippen LogP contribution in [-0.4, -0.2) is 23.0 Å². The number of rotatable bonds is 6. The summed E-state index contributed by atoms with van der Waals surface area (Å²) in [5.74, 6) is 0.952. The van der Waals surface area contributed by atoms with Gasteiger partial charge in [0, 0.05) is 17.9 Å². The number of hydrogen-bond acceptors (Lipinski definition) is 5. The van der Waals surface area contributed by atoms with Crippen LogP contribution in [0.4, 0.5) is 11.6 Å². The smallest absolute Gasteiger partial charge is 0.274 e. The number of carbonyl (C=O) groups excluding carboxylic acids is 1. The van der Waals surface area contributed by atoms with Gasteiger partial charge in [-0.15, -0.1) is 0 Å². The van der Waals surface area contributed by atoms with E-state index in [0.29, 0.717) is 18.2 Å². The number of carbonyl (C=O) groups is 1. The summed E-state index contributed by atoms with van der Waals surface area (Å²) in [6.07, 6.45) is 0. The van der Waals surface area contributed by atoms with Crippen molar-refractivity contribution >= 4 is 17.5 Å². The number of aromatic nitrogens is 2. The number of anilines is 2. The van der Waals surface area contributed by atoms with Crippen molar-refractivity contribution in [3.8, 4) is 5.75 Å². The van der Waals surface area contributed by atoms with Crippen LogP contribution in [0.5, 0.6) is 5.75 Å². The average Bonchev–Trinajstić information content (AvgIpc) is 2.67. The first-order valence-electron chi connectivity index (χ1n) is 8.23. The lowest BCUT2D eigenvalue weighted by molar-refractivity contribution is 0.102. The van der Waals surface area contributed by atoms with E-state index in [4.69, 9.17) is 4.74 Å². The summed E-state index contributed by atoms with van der Waals surface area (Å²) in [5.41, 5.74) is 2.82. The minimum Gasteiger partial charge on any atom is -0.497 e. The van der Waals surface area contributed by atoms with Gasteiger partial charge in [-0.2, -0.15) is 0 Å². The van der Waals surface area contributed by atoms with Gasteiger partial charge in [-0.25, -0.2) is 9.97 Å². The van der Waals surface area contributed by atoms with Gasteiger partial charge in [-0.3, -0.25) is 4.79 Å². The lowest BCUT2D eigenvalue weighted by Gasteiger charge is -2.09.